The van der Waals surface area contributed by atoms with Gasteiger partial charge in [-0.15, -0.1) is 0 Å². The average molecular weight is 224 g/mol. The Balaban J connectivity index is 2.55. The third-order valence-corrected chi connectivity index (χ3v) is 2.64. The van der Waals surface area contributed by atoms with Crippen molar-refractivity contribution < 1.29 is 24.5 Å². The Bertz CT molecular complexity index is 454. The Kier molecular flexibility index (Phi) is 2.27. The van der Waals surface area contributed by atoms with Gasteiger partial charge in [0.1, 0.15) is 17.1 Å². The van der Waals surface area contributed by atoms with Crippen LogP contribution in [-0.2, 0) is 15.9 Å². The quantitative estimate of drug-likeness (QED) is 0.700. The average Bonchev–Trinajstić information content (AvgIpc) is 2.15. The fourth-order valence-corrected chi connectivity index (χ4v) is 1.79. The molecule has 0 radical (unpaired) electrons. The van der Waals surface area contributed by atoms with Crippen molar-refractivity contribution in [3.63, 3.8) is 0 Å². The van der Waals surface area contributed by atoms with Crippen LogP contribution < -0.4 is 0 Å². The summed E-state index contributed by atoms with van der Waals surface area (Å²) in [6.45, 7) is 1.62. The lowest BCUT2D eigenvalue weighted by Crippen LogP contribution is -2.40. The number of carbonyl (C=O) groups excluding carboxylic acids is 1. The maximum atomic E-state index is 11.6. The molecule has 1 atom stereocenters. The molecule has 1 aliphatic rings. The molecule has 0 amide bonds. The molecule has 0 aliphatic carbocycles. The summed E-state index contributed by atoms with van der Waals surface area (Å²) in [6.07, 6.45) is 0.284. The number of rotatable bonds is 1. The number of hydrogen-bond acceptors (Lipinski definition) is 5. The van der Waals surface area contributed by atoms with Gasteiger partial charge in [0.15, 0.2) is 0 Å². The number of carbonyl (C=O) groups is 1. The van der Waals surface area contributed by atoms with Crippen LogP contribution in [0.5, 0.6) is 11.5 Å². The third-order valence-electron chi connectivity index (χ3n) is 2.64. The smallest absolute Gasteiger partial charge is 0.344 e. The Labute approximate surface area is 92.2 Å². The lowest BCUT2D eigenvalue weighted by Gasteiger charge is -2.33. The molecule has 0 saturated heterocycles. The van der Waals surface area contributed by atoms with Crippen LogP contribution in [0.2, 0.25) is 0 Å². The highest BCUT2D eigenvalue weighted by atomic mass is 16.7. The van der Waals surface area contributed by atoms with E-state index in [-0.39, 0.29) is 23.5 Å². The Hall–Kier alpha value is -1.75. The van der Waals surface area contributed by atoms with Gasteiger partial charge in [-0.3, -0.25) is 0 Å². The third kappa shape index (κ3) is 1.59. The van der Waals surface area contributed by atoms with Gasteiger partial charge in [-0.25, -0.2) is 4.79 Å². The largest absolute Gasteiger partial charge is 0.508 e. The minimum Gasteiger partial charge on any atom is -0.508 e. The first kappa shape index (κ1) is 10.8. The number of hydrogen-bond donors (Lipinski definition) is 2. The van der Waals surface area contributed by atoms with E-state index in [9.17, 15) is 15.0 Å². The van der Waals surface area contributed by atoms with Gasteiger partial charge in [0, 0.05) is 26.5 Å². The molecule has 0 aromatic heterocycles. The number of methoxy groups -OCH3 is 1. The molecule has 1 heterocycles. The standard InChI is InChI=1S/C11H12O5/c1-11(15-2)5-6-3-7(12)4-8(13)9(6)10(14)16-11/h3-4,12-13H,5H2,1-2H3. The number of fused-ring (bicyclic) bond motifs is 1. The normalized spacial score (nSPS) is 23.8. The van der Waals surface area contributed by atoms with Crippen LogP contribution in [0.4, 0.5) is 0 Å². The number of phenols is 2. The van der Waals surface area contributed by atoms with E-state index < -0.39 is 11.8 Å². The summed E-state index contributed by atoms with van der Waals surface area (Å²) in [5.74, 6) is -2.07. The molecule has 1 aromatic carbocycles. The van der Waals surface area contributed by atoms with Crippen molar-refractivity contribution in [3.8, 4) is 11.5 Å². The number of aromatic hydroxyl groups is 2. The van der Waals surface area contributed by atoms with Gasteiger partial charge in [0.25, 0.3) is 0 Å². The summed E-state index contributed by atoms with van der Waals surface area (Å²) in [6, 6.07) is 2.53. The van der Waals surface area contributed by atoms with E-state index in [0.717, 1.165) is 6.07 Å². The van der Waals surface area contributed by atoms with Crippen LogP contribution in [0.15, 0.2) is 12.1 Å². The minimum atomic E-state index is -1.05. The highest BCUT2D eigenvalue weighted by Crippen LogP contribution is 2.35. The lowest BCUT2D eigenvalue weighted by molar-refractivity contribution is -0.177. The van der Waals surface area contributed by atoms with Crippen molar-refractivity contribution in [2.24, 2.45) is 0 Å². The van der Waals surface area contributed by atoms with Crippen LogP contribution in [-0.4, -0.2) is 29.1 Å². The lowest BCUT2D eigenvalue weighted by atomic mass is 9.96. The first-order chi connectivity index (χ1) is 7.45. The SMILES string of the molecule is COC1(C)Cc2cc(O)cc(O)c2C(=O)O1. The van der Waals surface area contributed by atoms with Crippen LogP contribution in [0.1, 0.15) is 22.8 Å². The Morgan fingerprint density at radius 1 is 1.44 bits per heavy atom. The van der Waals surface area contributed by atoms with E-state index >= 15 is 0 Å². The fraction of sp³-hybridized carbons (Fsp3) is 0.364. The summed E-state index contributed by atoms with van der Waals surface area (Å²) in [5.41, 5.74) is 0.602. The Morgan fingerprint density at radius 3 is 2.75 bits per heavy atom. The summed E-state index contributed by atoms with van der Waals surface area (Å²) < 4.78 is 10.1. The number of cyclic esters (lactones) is 1. The van der Waals surface area contributed by atoms with Crippen molar-refractivity contribution in [2.45, 2.75) is 19.1 Å². The monoisotopic (exact) mass is 224 g/mol. The summed E-state index contributed by atoms with van der Waals surface area (Å²) in [4.78, 5) is 11.6. The van der Waals surface area contributed by atoms with E-state index in [4.69, 9.17) is 9.47 Å². The van der Waals surface area contributed by atoms with Crippen LogP contribution in [0, 0.1) is 0 Å². The second-order valence-electron chi connectivity index (χ2n) is 3.90. The first-order valence-electron chi connectivity index (χ1n) is 4.78. The zero-order valence-corrected chi connectivity index (χ0v) is 8.98. The van der Waals surface area contributed by atoms with Crippen molar-refractivity contribution in [1.82, 2.24) is 0 Å². The zero-order valence-electron chi connectivity index (χ0n) is 8.98. The number of ether oxygens (including phenoxy) is 2. The summed E-state index contributed by atoms with van der Waals surface area (Å²) >= 11 is 0. The van der Waals surface area contributed by atoms with E-state index in [2.05, 4.69) is 0 Å². The maximum absolute atomic E-state index is 11.6. The molecule has 1 aromatic rings. The second kappa shape index (κ2) is 3.38. The van der Waals surface area contributed by atoms with Gasteiger partial charge in [-0.05, 0) is 11.6 Å². The number of esters is 1. The van der Waals surface area contributed by atoms with Crippen molar-refractivity contribution in [2.75, 3.05) is 7.11 Å². The predicted molar refractivity (Wildman–Crippen MR) is 54.3 cm³/mol. The van der Waals surface area contributed by atoms with E-state index in [1.165, 1.54) is 13.2 Å². The van der Waals surface area contributed by atoms with Gasteiger partial charge in [-0.1, -0.05) is 0 Å². The van der Waals surface area contributed by atoms with Gasteiger partial charge in [-0.2, -0.15) is 0 Å². The van der Waals surface area contributed by atoms with Crippen molar-refractivity contribution >= 4 is 5.97 Å². The molecule has 2 rings (SSSR count). The second-order valence-corrected chi connectivity index (χ2v) is 3.90. The van der Waals surface area contributed by atoms with Crippen LogP contribution in [0.25, 0.3) is 0 Å². The minimum absolute atomic E-state index is 0.0901. The molecule has 0 spiro atoms. The van der Waals surface area contributed by atoms with Gasteiger partial charge >= 0.3 is 5.97 Å². The maximum Gasteiger partial charge on any atom is 0.344 e. The summed E-state index contributed by atoms with van der Waals surface area (Å²) in [7, 11) is 1.43. The molecule has 1 aliphatic heterocycles. The molecular formula is C11H12O5. The molecular weight excluding hydrogens is 212 g/mol. The fourth-order valence-electron chi connectivity index (χ4n) is 1.79. The predicted octanol–water partition coefficient (Wildman–Crippen LogP) is 1.17. The molecule has 1 unspecified atom stereocenters. The molecule has 0 saturated carbocycles. The number of phenolic OH excluding ortho intramolecular Hbond substituents is 2. The van der Waals surface area contributed by atoms with Gasteiger partial charge < -0.3 is 19.7 Å². The zero-order chi connectivity index (χ0) is 11.9. The molecule has 2 N–H and O–H groups in total. The van der Waals surface area contributed by atoms with E-state index in [1.54, 1.807) is 6.92 Å². The highest BCUT2D eigenvalue weighted by molar-refractivity contribution is 5.95. The van der Waals surface area contributed by atoms with E-state index in [1.807, 2.05) is 0 Å². The van der Waals surface area contributed by atoms with Crippen LogP contribution in [0.3, 0.4) is 0 Å². The van der Waals surface area contributed by atoms with Gasteiger partial charge in [0.2, 0.25) is 5.79 Å². The topological polar surface area (TPSA) is 76.0 Å². The molecule has 0 fully saturated rings. The number of benzene rings is 1. The van der Waals surface area contributed by atoms with Crippen molar-refractivity contribution in [3.05, 3.63) is 23.3 Å². The Morgan fingerprint density at radius 2 is 2.12 bits per heavy atom. The molecule has 5 heteroatoms. The van der Waals surface area contributed by atoms with Gasteiger partial charge in [0.05, 0.1) is 0 Å². The summed E-state index contributed by atoms with van der Waals surface area (Å²) in [5, 5.41) is 18.9. The molecule has 86 valence electrons. The molecule has 0 bridgehead atoms. The van der Waals surface area contributed by atoms with Crippen LogP contribution >= 0.6 is 0 Å². The first-order valence-corrected chi connectivity index (χ1v) is 4.78. The highest BCUT2D eigenvalue weighted by Gasteiger charge is 2.38. The van der Waals surface area contributed by atoms with Crippen molar-refractivity contribution in [1.29, 1.82) is 0 Å². The molecule has 16 heavy (non-hydrogen) atoms. The van der Waals surface area contributed by atoms with E-state index in [0.29, 0.717) is 5.56 Å². The molecule has 5 nitrogen and oxygen atoms in total.